The Hall–Kier alpha value is -1.97. The van der Waals surface area contributed by atoms with Gasteiger partial charge in [-0.2, -0.15) is 0 Å². The highest BCUT2D eigenvalue weighted by molar-refractivity contribution is 6.16. The predicted octanol–water partition coefficient (Wildman–Crippen LogP) is 1.57. The maximum absolute atomic E-state index is 11.8. The van der Waals surface area contributed by atoms with Gasteiger partial charge in [0, 0.05) is 6.42 Å². The van der Waals surface area contributed by atoms with Crippen molar-refractivity contribution in [2.45, 2.75) is 19.8 Å². The fourth-order valence-corrected chi connectivity index (χ4v) is 1.70. The summed E-state index contributed by atoms with van der Waals surface area (Å²) in [6.45, 7) is 1.22. The normalized spacial score (nSPS) is 11.7. The van der Waals surface area contributed by atoms with Crippen molar-refractivity contribution in [3.8, 4) is 0 Å². The first-order valence-corrected chi connectivity index (χ1v) is 5.71. The summed E-state index contributed by atoms with van der Waals surface area (Å²) in [4.78, 5) is 34.5. The van der Waals surface area contributed by atoms with Crippen molar-refractivity contribution >= 4 is 17.5 Å². The van der Waals surface area contributed by atoms with Crippen LogP contribution < -0.4 is 0 Å². The molecular formula is C14H16O4. The third kappa shape index (κ3) is 3.80. The number of ketones is 2. The summed E-state index contributed by atoms with van der Waals surface area (Å²) in [6, 6.07) is 9.44. The molecule has 1 atom stereocenters. The zero-order chi connectivity index (χ0) is 13.5. The Labute approximate surface area is 106 Å². The number of ether oxygens (including phenoxy) is 1. The Morgan fingerprint density at radius 3 is 2.28 bits per heavy atom. The number of aryl methyl sites for hydroxylation is 1. The summed E-state index contributed by atoms with van der Waals surface area (Å²) >= 11 is 0. The fourth-order valence-electron chi connectivity index (χ4n) is 1.70. The van der Waals surface area contributed by atoms with Crippen LogP contribution in [0.5, 0.6) is 0 Å². The van der Waals surface area contributed by atoms with Gasteiger partial charge in [0.05, 0.1) is 7.11 Å². The largest absolute Gasteiger partial charge is 0.468 e. The van der Waals surface area contributed by atoms with Crippen molar-refractivity contribution < 1.29 is 19.1 Å². The van der Waals surface area contributed by atoms with Crippen LogP contribution in [-0.2, 0) is 25.5 Å². The van der Waals surface area contributed by atoms with Crippen LogP contribution >= 0.6 is 0 Å². The maximum atomic E-state index is 11.8. The number of methoxy groups -OCH3 is 1. The summed E-state index contributed by atoms with van der Waals surface area (Å²) in [5, 5.41) is 0. The van der Waals surface area contributed by atoms with Gasteiger partial charge in [-0.15, -0.1) is 0 Å². The molecule has 1 aromatic carbocycles. The summed E-state index contributed by atoms with van der Waals surface area (Å²) in [5.74, 6) is -2.92. The SMILES string of the molecule is COC(=O)C(C(C)=O)C(=O)CCc1ccccc1. The topological polar surface area (TPSA) is 60.4 Å². The zero-order valence-corrected chi connectivity index (χ0v) is 10.5. The Kier molecular flexibility index (Phi) is 5.24. The number of esters is 1. The van der Waals surface area contributed by atoms with Crippen molar-refractivity contribution in [2.75, 3.05) is 7.11 Å². The van der Waals surface area contributed by atoms with Crippen LogP contribution in [0.2, 0.25) is 0 Å². The molecule has 0 saturated heterocycles. The summed E-state index contributed by atoms with van der Waals surface area (Å²) < 4.78 is 4.47. The van der Waals surface area contributed by atoms with E-state index in [4.69, 9.17) is 0 Å². The first-order valence-electron chi connectivity index (χ1n) is 5.71. The Morgan fingerprint density at radius 2 is 1.78 bits per heavy atom. The van der Waals surface area contributed by atoms with Crippen molar-refractivity contribution in [1.82, 2.24) is 0 Å². The van der Waals surface area contributed by atoms with E-state index < -0.39 is 23.5 Å². The summed E-state index contributed by atoms with van der Waals surface area (Å²) in [5.41, 5.74) is 0.998. The van der Waals surface area contributed by atoms with Gasteiger partial charge >= 0.3 is 5.97 Å². The van der Waals surface area contributed by atoms with E-state index in [1.54, 1.807) is 0 Å². The van der Waals surface area contributed by atoms with Crippen molar-refractivity contribution in [2.24, 2.45) is 5.92 Å². The molecule has 0 aromatic heterocycles. The molecule has 1 unspecified atom stereocenters. The second kappa shape index (κ2) is 6.69. The third-order valence-corrected chi connectivity index (χ3v) is 2.67. The van der Waals surface area contributed by atoms with Gasteiger partial charge in [-0.3, -0.25) is 14.4 Å². The van der Waals surface area contributed by atoms with Crippen LogP contribution in [0, 0.1) is 5.92 Å². The molecule has 0 radical (unpaired) electrons. The van der Waals surface area contributed by atoms with Crippen LogP contribution in [0.1, 0.15) is 18.9 Å². The van der Waals surface area contributed by atoms with E-state index >= 15 is 0 Å². The van der Waals surface area contributed by atoms with Gasteiger partial charge in [0.2, 0.25) is 0 Å². The Morgan fingerprint density at radius 1 is 1.17 bits per heavy atom. The lowest BCUT2D eigenvalue weighted by molar-refractivity contribution is -0.152. The van der Waals surface area contributed by atoms with Gasteiger partial charge in [-0.05, 0) is 18.9 Å². The van der Waals surface area contributed by atoms with E-state index in [2.05, 4.69) is 4.74 Å². The molecule has 1 aromatic rings. The van der Waals surface area contributed by atoms with Crippen LogP contribution in [-0.4, -0.2) is 24.6 Å². The van der Waals surface area contributed by atoms with Gasteiger partial charge in [0.1, 0.15) is 0 Å². The van der Waals surface area contributed by atoms with Crippen LogP contribution in [0.25, 0.3) is 0 Å². The minimum atomic E-state index is -1.28. The van der Waals surface area contributed by atoms with Gasteiger partial charge < -0.3 is 4.74 Å². The van der Waals surface area contributed by atoms with Crippen molar-refractivity contribution in [3.63, 3.8) is 0 Å². The first kappa shape index (κ1) is 14.1. The lowest BCUT2D eigenvalue weighted by Gasteiger charge is -2.10. The average Bonchev–Trinajstić information content (AvgIpc) is 2.37. The number of carbonyl (C=O) groups excluding carboxylic acids is 3. The second-order valence-electron chi connectivity index (χ2n) is 4.02. The molecule has 0 N–H and O–H groups in total. The lowest BCUT2D eigenvalue weighted by atomic mass is 9.95. The molecule has 96 valence electrons. The van der Waals surface area contributed by atoms with E-state index in [0.717, 1.165) is 5.56 Å². The van der Waals surface area contributed by atoms with E-state index in [-0.39, 0.29) is 6.42 Å². The average molecular weight is 248 g/mol. The number of rotatable bonds is 6. The summed E-state index contributed by atoms with van der Waals surface area (Å²) in [7, 11) is 1.17. The summed E-state index contributed by atoms with van der Waals surface area (Å²) in [6.07, 6.45) is 0.670. The highest BCUT2D eigenvalue weighted by Crippen LogP contribution is 2.10. The number of Topliss-reactive ketones (excluding diaryl/α,β-unsaturated/α-hetero) is 2. The highest BCUT2D eigenvalue weighted by atomic mass is 16.5. The van der Waals surface area contributed by atoms with E-state index in [0.29, 0.717) is 6.42 Å². The third-order valence-electron chi connectivity index (χ3n) is 2.67. The lowest BCUT2D eigenvalue weighted by Crippen LogP contribution is -2.31. The fraction of sp³-hybridized carbons (Fsp3) is 0.357. The molecule has 0 aliphatic heterocycles. The van der Waals surface area contributed by atoms with E-state index in [1.807, 2.05) is 30.3 Å². The van der Waals surface area contributed by atoms with Gasteiger partial charge in [0.15, 0.2) is 17.5 Å². The Balaban J connectivity index is 2.63. The first-order chi connectivity index (χ1) is 8.56. The maximum Gasteiger partial charge on any atom is 0.323 e. The smallest absolute Gasteiger partial charge is 0.323 e. The standard InChI is InChI=1S/C14H16O4/c1-10(15)13(14(17)18-2)12(16)9-8-11-6-4-3-5-7-11/h3-7,13H,8-9H2,1-2H3. The van der Waals surface area contributed by atoms with Gasteiger partial charge in [-0.25, -0.2) is 0 Å². The van der Waals surface area contributed by atoms with Crippen molar-refractivity contribution in [3.05, 3.63) is 35.9 Å². The van der Waals surface area contributed by atoms with Crippen molar-refractivity contribution in [1.29, 1.82) is 0 Å². The molecule has 4 nitrogen and oxygen atoms in total. The molecular weight excluding hydrogens is 232 g/mol. The number of hydrogen-bond acceptors (Lipinski definition) is 4. The molecule has 18 heavy (non-hydrogen) atoms. The van der Waals surface area contributed by atoms with Crippen LogP contribution in [0.15, 0.2) is 30.3 Å². The molecule has 0 fully saturated rings. The molecule has 0 heterocycles. The number of carbonyl (C=O) groups is 3. The number of benzene rings is 1. The predicted molar refractivity (Wildman–Crippen MR) is 66.0 cm³/mol. The molecule has 1 rings (SSSR count). The second-order valence-corrected chi connectivity index (χ2v) is 4.02. The monoisotopic (exact) mass is 248 g/mol. The quantitative estimate of drug-likeness (QED) is 0.566. The molecule has 4 heteroatoms. The minimum Gasteiger partial charge on any atom is -0.468 e. The molecule has 0 aliphatic rings. The van der Waals surface area contributed by atoms with Gasteiger partial charge in [-0.1, -0.05) is 30.3 Å². The highest BCUT2D eigenvalue weighted by Gasteiger charge is 2.31. The van der Waals surface area contributed by atoms with Crippen LogP contribution in [0.3, 0.4) is 0 Å². The van der Waals surface area contributed by atoms with E-state index in [1.165, 1.54) is 14.0 Å². The molecule has 0 aliphatic carbocycles. The van der Waals surface area contributed by atoms with Crippen LogP contribution in [0.4, 0.5) is 0 Å². The Bertz CT molecular complexity index is 436. The molecule has 0 saturated carbocycles. The molecule has 0 amide bonds. The molecule has 0 bridgehead atoms. The minimum absolute atomic E-state index is 0.156. The van der Waals surface area contributed by atoms with Gasteiger partial charge in [0.25, 0.3) is 0 Å². The van der Waals surface area contributed by atoms with E-state index in [9.17, 15) is 14.4 Å². The number of hydrogen-bond donors (Lipinski definition) is 0. The molecule has 0 spiro atoms. The zero-order valence-electron chi connectivity index (χ0n) is 10.5.